The highest BCUT2D eigenvalue weighted by Crippen LogP contribution is 2.16. The number of nitrogens with zero attached hydrogens (tertiary/aromatic N) is 1. The largest absolute Gasteiger partial charge is 0.316 e. The van der Waals surface area contributed by atoms with Gasteiger partial charge in [0.1, 0.15) is 0 Å². The second kappa shape index (κ2) is 3.51. The molecular weight excluding hydrogens is 164 g/mol. The molecule has 0 aliphatic carbocycles. The summed E-state index contributed by atoms with van der Waals surface area (Å²) in [5.74, 6) is 0. The molecule has 0 unspecified atom stereocenters. The van der Waals surface area contributed by atoms with E-state index < -0.39 is 0 Å². The summed E-state index contributed by atoms with van der Waals surface area (Å²) in [4.78, 5) is 4.03. The van der Waals surface area contributed by atoms with Gasteiger partial charge in [0, 0.05) is 24.3 Å². The van der Waals surface area contributed by atoms with E-state index in [1.807, 2.05) is 30.5 Å². The number of aromatic nitrogens is 1. The summed E-state index contributed by atoms with van der Waals surface area (Å²) >= 11 is 0. The first-order chi connectivity index (χ1) is 6.42. The van der Waals surface area contributed by atoms with Crippen molar-refractivity contribution >= 4 is 10.8 Å². The molecule has 0 atom stereocenters. The van der Waals surface area contributed by atoms with Crippen molar-refractivity contribution < 1.29 is 5.21 Å². The van der Waals surface area contributed by atoms with Gasteiger partial charge >= 0.3 is 0 Å². The van der Waals surface area contributed by atoms with Crippen molar-refractivity contribution in [1.82, 2.24) is 10.5 Å². The molecule has 13 heavy (non-hydrogen) atoms. The predicted molar refractivity (Wildman–Crippen MR) is 50.4 cm³/mol. The number of benzene rings is 1. The summed E-state index contributed by atoms with van der Waals surface area (Å²) in [5, 5.41) is 10.8. The number of pyridine rings is 1. The van der Waals surface area contributed by atoms with E-state index in [0.717, 1.165) is 16.3 Å². The molecule has 0 fully saturated rings. The Morgan fingerprint density at radius 3 is 3.08 bits per heavy atom. The topological polar surface area (TPSA) is 45.1 Å². The molecule has 2 aromatic rings. The lowest BCUT2D eigenvalue weighted by Gasteiger charge is -2.03. The molecule has 1 aromatic heterocycles. The number of nitrogens with one attached hydrogen (secondary N) is 1. The molecule has 0 saturated heterocycles. The third kappa shape index (κ3) is 1.52. The number of rotatable bonds is 2. The van der Waals surface area contributed by atoms with Crippen LogP contribution in [0.25, 0.3) is 10.8 Å². The van der Waals surface area contributed by atoms with Crippen molar-refractivity contribution in [3.63, 3.8) is 0 Å². The lowest BCUT2D eigenvalue weighted by Crippen LogP contribution is -2.06. The Bertz CT molecular complexity index is 409. The molecule has 0 amide bonds. The van der Waals surface area contributed by atoms with Crippen molar-refractivity contribution in [2.45, 2.75) is 6.54 Å². The number of hydroxylamine groups is 1. The maximum Gasteiger partial charge on any atom is 0.0464 e. The van der Waals surface area contributed by atoms with Crippen molar-refractivity contribution in [2.24, 2.45) is 0 Å². The van der Waals surface area contributed by atoms with E-state index in [0.29, 0.717) is 6.54 Å². The van der Waals surface area contributed by atoms with Crippen LogP contribution < -0.4 is 5.48 Å². The van der Waals surface area contributed by atoms with E-state index in [1.54, 1.807) is 6.20 Å². The van der Waals surface area contributed by atoms with Gasteiger partial charge in [-0.25, -0.2) is 5.48 Å². The Labute approximate surface area is 76.0 Å². The second-order valence-corrected chi connectivity index (χ2v) is 2.85. The first kappa shape index (κ1) is 8.16. The van der Waals surface area contributed by atoms with Crippen LogP contribution in [0.1, 0.15) is 5.56 Å². The average Bonchev–Trinajstić information content (AvgIpc) is 2.19. The van der Waals surface area contributed by atoms with Gasteiger partial charge in [0.2, 0.25) is 0 Å². The predicted octanol–water partition coefficient (Wildman–Crippen LogP) is 1.71. The molecule has 1 heterocycles. The third-order valence-electron chi connectivity index (χ3n) is 2.04. The summed E-state index contributed by atoms with van der Waals surface area (Å²) < 4.78 is 0. The van der Waals surface area contributed by atoms with E-state index in [4.69, 9.17) is 5.21 Å². The zero-order valence-corrected chi connectivity index (χ0v) is 7.07. The third-order valence-corrected chi connectivity index (χ3v) is 2.04. The number of hydrogen-bond acceptors (Lipinski definition) is 3. The summed E-state index contributed by atoms with van der Waals surface area (Å²) in [6, 6.07) is 7.88. The molecule has 0 bridgehead atoms. The molecule has 3 nitrogen and oxygen atoms in total. The number of hydrogen-bond donors (Lipinski definition) is 2. The zero-order valence-electron chi connectivity index (χ0n) is 7.07. The van der Waals surface area contributed by atoms with Gasteiger partial charge in [0.25, 0.3) is 0 Å². The normalized spacial score (nSPS) is 10.5. The minimum Gasteiger partial charge on any atom is -0.316 e. The van der Waals surface area contributed by atoms with Crippen LogP contribution in [0.15, 0.2) is 36.7 Å². The first-order valence-corrected chi connectivity index (χ1v) is 4.10. The van der Waals surface area contributed by atoms with Crippen molar-refractivity contribution in [1.29, 1.82) is 0 Å². The van der Waals surface area contributed by atoms with Crippen molar-refractivity contribution in [3.8, 4) is 0 Å². The summed E-state index contributed by atoms with van der Waals surface area (Å²) in [6.07, 6.45) is 3.57. The smallest absolute Gasteiger partial charge is 0.0464 e. The van der Waals surface area contributed by atoms with Gasteiger partial charge in [-0.15, -0.1) is 0 Å². The molecular formula is C10H10N2O. The zero-order chi connectivity index (χ0) is 9.10. The lowest BCUT2D eigenvalue weighted by atomic mass is 10.1. The van der Waals surface area contributed by atoms with Gasteiger partial charge in [-0.05, 0) is 17.0 Å². The Kier molecular flexibility index (Phi) is 2.21. The number of fused-ring (bicyclic) bond motifs is 1. The molecule has 0 spiro atoms. The van der Waals surface area contributed by atoms with E-state index >= 15 is 0 Å². The van der Waals surface area contributed by atoms with Crippen LogP contribution in [0.4, 0.5) is 0 Å². The fraction of sp³-hybridized carbons (Fsp3) is 0.100. The van der Waals surface area contributed by atoms with Crippen molar-refractivity contribution in [3.05, 3.63) is 42.2 Å². The molecule has 2 rings (SSSR count). The van der Waals surface area contributed by atoms with Crippen molar-refractivity contribution in [2.75, 3.05) is 0 Å². The van der Waals surface area contributed by atoms with E-state index in [2.05, 4.69) is 10.5 Å². The summed E-state index contributed by atoms with van der Waals surface area (Å²) in [5.41, 5.74) is 3.23. The van der Waals surface area contributed by atoms with E-state index in [9.17, 15) is 0 Å². The second-order valence-electron chi connectivity index (χ2n) is 2.85. The Morgan fingerprint density at radius 1 is 1.31 bits per heavy atom. The minimum atomic E-state index is 0.460. The standard InChI is InChI=1S/C10H10N2O/c13-12-7-9-3-1-2-8-6-11-5-4-10(8)9/h1-6,12-13H,7H2. The molecule has 0 aliphatic heterocycles. The van der Waals surface area contributed by atoms with Gasteiger partial charge in [0.15, 0.2) is 0 Å². The van der Waals surface area contributed by atoms with Crippen LogP contribution in [-0.4, -0.2) is 10.2 Å². The van der Waals surface area contributed by atoms with Crippen LogP contribution in [0.5, 0.6) is 0 Å². The molecule has 66 valence electrons. The monoisotopic (exact) mass is 174 g/mol. The Balaban J connectivity index is 2.61. The van der Waals surface area contributed by atoms with Gasteiger partial charge < -0.3 is 5.21 Å². The lowest BCUT2D eigenvalue weighted by molar-refractivity contribution is 0.161. The molecule has 2 N–H and O–H groups in total. The van der Waals surface area contributed by atoms with Crippen LogP contribution >= 0.6 is 0 Å². The molecule has 0 radical (unpaired) electrons. The van der Waals surface area contributed by atoms with Gasteiger partial charge in [-0.1, -0.05) is 18.2 Å². The molecule has 3 heteroatoms. The minimum absolute atomic E-state index is 0.460. The highest BCUT2D eigenvalue weighted by molar-refractivity contribution is 5.84. The van der Waals surface area contributed by atoms with Crippen LogP contribution in [0.3, 0.4) is 0 Å². The maximum absolute atomic E-state index is 8.61. The van der Waals surface area contributed by atoms with Crippen LogP contribution in [0, 0.1) is 0 Å². The van der Waals surface area contributed by atoms with Crippen LogP contribution in [0.2, 0.25) is 0 Å². The van der Waals surface area contributed by atoms with E-state index in [1.165, 1.54) is 0 Å². The fourth-order valence-electron chi connectivity index (χ4n) is 1.43. The first-order valence-electron chi connectivity index (χ1n) is 4.10. The molecule has 1 aromatic carbocycles. The molecule has 0 aliphatic rings. The quantitative estimate of drug-likeness (QED) is 0.681. The highest BCUT2D eigenvalue weighted by Gasteiger charge is 1.98. The summed E-state index contributed by atoms with van der Waals surface area (Å²) in [6.45, 7) is 0.460. The fourth-order valence-corrected chi connectivity index (χ4v) is 1.43. The van der Waals surface area contributed by atoms with Gasteiger partial charge in [-0.3, -0.25) is 4.98 Å². The average molecular weight is 174 g/mol. The SMILES string of the molecule is ONCc1cccc2cnccc12. The van der Waals surface area contributed by atoms with Gasteiger partial charge in [0.05, 0.1) is 0 Å². The molecule has 0 saturated carbocycles. The summed E-state index contributed by atoms with van der Waals surface area (Å²) in [7, 11) is 0. The van der Waals surface area contributed by atoms with Crippen LogP contribution in [-0.2, 0) is 6.54 Å². The van der Waals surface area contributed by atoms with E-state index in [-0.39, 0.29) is 0 Å². The highest BCUT2D eigenvalue weighted by atomic mass is 16.5. The maximum atomic E-state index is 8.61. The van der Waals surface area contributed by atoms with Gasteiger partial charge in [-0.2, -0.15) is 0 Å². The Hall–Kier alpha value is -1.45. The Morgan fingerprint density at radius 2 is 2.23 bits per heavy atom.